The van der Waals surface area contributed by atoms with Crippen LogP contribution in [0.5, 0.6) is 5.75 Å². The number of nitrogens with zero attached hydrogens (tertiary/aromatic N) is 3. The predicted molar refractivity (Wildman–Crippen MR) is 373 cm³/mol. The Balaban J connectivity index is 0.00000348. The number of amides is 10. The van der Waals surface area contributed by atoms with Crippen LogP contribution in [0.25, 0.3) is 10.9 Å². The zero-order chi connectivity index (χ0) is 73.1. The lowest BCUT2D eigenvalue weighted by molar-refractivity contribution is -0.142. The van der Waals surface area contributed by atoms with Gasteiger partial charge in [0.1, 0.15) is 60.1 Å². The number of carboxylic acid groups (broad SMARTS) is 1. The lowest BCUT2D eigenvalue weighted by atomic mass is 9.85. The van der Waals surface area contributed by atoms with Crippen LogP contribution in [-0.4, -0.2) is 187 Å². The molecule has 6 aromatic rings. The van der Waals surface area contributed by atoms with Crippen molar-refractivity contribution < 1.29 is 68.1 Å². The highest BCUT2D eigenvalue weighted by atomic mass is 16.4. The number of carbonyl (C=O) groups is 11. The number of phenolic OH excluding ortho intramolecular Hbond substituents is 1. The summed E-state index contributed by atoms with van der Waals surface area (Å²) in [5.41, 5.74) is 14.9. The molecule has 0 bridgehead atoms. The van der Waals surface area contributed by atoms with Crippen LogP contribution in [-0.2, 0) is 72.0 Å². The molecule has 4 heterocycles. The molecule has 10 amide bonds. The largest absolute Gasteiger partial charge is 0.508 e. The van der Waals surface area contributed by atoms with Crippen LogP contribution in [0.15, 0.2) is 133 Å². The van der Waals surface area contributed by atoms with E-state index in [9.17, 15) is 48.6 Å². The van der Waals surface area contributed by atoms with Crippen molar-refractivity contribution in [3.63, 3.8) is 0 Å². The van der Waals surface area contributed by atoms with E-state index in [1.54, 1.807) is 25.3 Å². The number of aliphatic hydroxyl groups excluding tert-OH is 1. The lowest BCUT2D eigenvalue weighted by Crippen LogP contribution is -2.61. The molecule has 0 unspecified atom stereocenters. The Labute approximate surface area is 584 Å². The van der Waals surface area contributed by atoms with Gasteiger partial charge in [0.25, 0.3) is 5.97 Å². The first kappa shape index (κ1) is 77.2. The third kappa shape index (κ3) is 23.5. The number of hydrogen-bond acceptors (Lipinski definition) is 15. The van der Waals surface area contributed by atoms with Crippen molar-refractivity contribution in [1.82, 2.24) is 67.7 Å². The van der Waals surface area contributed by atoms with Crippen molar-refractivity contribution in [1.29, 1.82) is 0 Å². The maximum atomic E-state index is 15.4. The van der Waals surface area contributed by atoms with Crippen LogP contribution in [0.1, 0.15) is 113 Å². The summed E-state index contributed by atoms with van der Waals surface area (Å²) < 4.78 is 0. The number of para-hydroxylation sites is 1. The number of aromatic nitrogens is 3. The summed E-state index contributed by atoms with van der Waals surface area (Å²) in [5, 5.41) is 54.2. The van der Waals surface area contributed by atoms with Crippen LogP contribution in [0.3, 0.4) is 0 Å². The number of aromatic amines is 2. The van der Waals surface area contributed by atoms with Gasteiger partial charge in [0, 0.05) is 87.1 Å². The molecule has 2 saturated heterocycles. The van der Waals surface area contributed by atoms with E-state index in [-0.39, 0.29) is 100 Å². The molecular formula is C71H92N16O14. The monoisotopic (exact) mass is 1390 g/mol. The number of carbonyl (C=O) groups excluding carboxylic acids is 10. The number of aliphatic carboxylic acids is 1. The Kier molecular flexibility index (Phi) is 29.2. The number of imidazole rings is 1. The number of carboxylic acids is 1. The molecule has 540 valence electrons. The van der Waals surface area contributed by atoms with E-state index in [0.717, 1.165) is 18.1 Å². The lowest BCUT2D eigenvalue weighted by Gasteiger charge is -2.31. The number of likely N-dealkylation sites (N-methyl/N-ethyl adjacent to an activating group) is 1. The molecular weight excluding hydrogens is 1300 g/mol. The van der Waals surface area contributed by atoms with E-state index >= 15 is 9.59 Å². The van der Waals surface area contributed by atoms with E-state index in [1.807, 2.05) is 86.6 Å². The predicted octanol–water partition coefficient (Wildman–Crippen LogP) is 0.829. The number of aliphatic imine (C=N–C) groups is 1. The highest BCUT2D eigenvalue weighted by Gasteiger charge is 2.40. The van der Waals surface area contributed by atoms with Crippen molar-refractivity contribution in [3.05, 3.63) is 156 Å². The van der Waals surface area contributed by atoms with Crippen molar-refractivity contribution in [3.8, 4) is 5.75 Å². The number of nitrogens with one attached hydrogen (secondary N) is 11. The summed E-state index contributed by atoms with van der Waals surface area (Å²) in [5.74, 6) is -9.00. The SMILES string of the molecule is CC(=O)O.CCNC(=O)[C@@H]1CCCN1C(=O)[C@H](CCCN=C(N)N)NC(=O)[C@H](CC(C)C)NC(=O)[C@@H](CC(c1ccccc1)c1ccccc1)NC(=O)[C@H](Cc1ccc(O)cc1)NC(=O)[C@H](CO)NC(=O)[C@H](Cc1c[nH]c2ccccc12)NC(=O)[C@H](Cc1cnc[nH]1)NC(=O)[C@@H]1CCC(=O)N1. The molecule has 0 radical (unpaired) electrons. The van der Waals surface area contributed by atoms with Gasteiger partial charge in [0.2, 0.25) is 59.1 Å². The third-order valence-electron chi connectivity index (χ3n) is 17.1. The first-order valence-electron chi connectivity index (χ1n) is 33.7. The van der Waals surface area contributed by atoms with Crippen molar-refractivity contribution in [2.75, 3.05) is 26.2 Å². The smallest absolute Gasteiger partial charge is 0.300 e. The van der Waals surface area contributed by atoms with Gasteiger partial charge < -0.3 is 89.5 Å². The van der Waals surface area contributed by atoms with Crippen molar-refractivity contribution in [2.45, 2.75) is 159 Å². The first-order valence-corrected chi connectivity index (χ1v) is 33.7. The average Bonchev–Trinajstić information content (AvgIpc) is 1.80. The van der Waals surface area contributed by atoms with Crippen molar-refractivity contribution in [2.24, 2.45) is 22.4 Å². The molecule has 30 nitrogen and oxygen atoms in total. The van der Waals surface area contributed by atoms with Gasteiger partial charge in [-0.2, -0.15) is 0 Å². The number of hydrogen-bond donors (Lipinski definition) is 16. The number of fused-ring (bicyclic) bond motifs is 1. The molecule has 9 atom stereocenters. The molecule has 0 saturated carbocycles. The zero-order valence-corrected chi connectivity index (χ0v) is 56.9. The second kappa shape index (κ2) is 38.3. The number of aromatic hydroxyl groups is 1. The Morgan fingerprint density at radius 3 is 1.76 bits per heavy atom. The second-order valence-corrected chi connectivity index (χ2v) is 25.3. The zero-order valence-electron chi connectivity index (χ0n) is 56.9. The first-order chi connectivity index (χ1) is 48.4. The van der Waals surface area contributed by atoms with Gasteiger partial charge in [-0.05, 0) is 98.2 Å². The minimum Gasteiger partial charge on any atom is -0.508 e. The molecule has 4 aromatic carbocycles. The minimum absolute atomic E-state index is 0.0585. The van der Waals surface area contributed by atoms with Gasteiger partial charge >= 0.3 is 0 Å². The molecule has 0 aliphatic carbocycles. The normalized spacial score (nSPS) is 16.1. The number of rotatable bonds is 34. The minimum atomic E-state index is -1.79. The van der Waals surface area contributed by atoms with Crippen molar-refractivity contribution >= 4 is 81.9 Å². The molecule has 18 N–H and O–H groups in total. The van der Waals surface area contributed by atoms with Gasteiger partial charge in [-0.3, -0.25) is 57.7 Å². The molecule has 2 aliphatic heterocycles. The van der Waals surface area contributed by atoms with Crippen LogP contribution in [0.4, 0.5) is 0 Å². The van der Waals surface area contributed by atoms with Crippen LogP contribution < -0.4 is 59.3 Å². The van der Waals surface area contributed by atoms with Crippen LogP contribution in [0.2, 0.25) is 0 Å². The number of aliphatic hydroxyl groups is 1. The maximum absolute atomic E-state index is 15.4. The average molecular weight is 1390 g/mol. The number of phenols is 1. The molecule has 30 heteroatoms. The fourth-order valence-corrected chi connectivity index (χ4v) is 12.1. The summed E-state index contributed by atoms with van der Waals surface area (Å²) in [7, 11) is 0. The Bertz CT molecular complexity index is 3770. The number of guanidine groups is 1. The molecule has 2 fully saturated rings. The van der Waals surface area contributed by atoms with Crippen LogP contribution in [0, 0.1) is 5.92 Å². The van der Waals surface area contributed by atoms with Gasteiger partial charge in [0.05, 0.1) is 12.9 Å². The maximum Gasteiger partial charge on any atom is 0.300 e. The number of benzene rings is 4. The standard InChI is InChI=1S/C69H88N16O12.C2H4O2/c1-4-73-67(96)58-22-14-30-85(58)68(97)51(21-13-29-74-69(70)71)78-61(90)52(31-40(2)3)79-65(94)56(35-48(42-15-7-5-8-16-42)43-17-9-6-10-18-43)83-62(91)53(32-41-23-25-46(87)26-24-41)80-66(95)57(38-86)84-63(92)54(33-44-36-75-49-20-12-11-19-47(44)49)81-64(93)55(34-45-37-72-39-76-45)82-60(89)50-27-28-59(88)77-50;1-2(3)4/h5-12,15-20,23-26,36-37,39-40,48,50-58,75,86-87H,4,13-14,21-22,27-35,38H2,1-3H3,(H,72,76)(H,73,96)(H,77,88)(H,78,90)(H,79,94)(H,80,95)(H,81,93)(H,82,89)(H,83,91)(H,84,92)(H4,70,71,74);1H3,(H,3,4)/t50-,51-,52-,53-,54-,55-,56+,57-,58-;/m0./s1. The highest BCUT2D eigenvalue weighted by molar-refractivity contribution is 5.99. The van der Waals surface area contributed by atoms with E-state index in [2.05, 4.69) is 67.8 Å². The molecule has 101 heavy (non-hydrogen) atoms. The molecule has 2 aromatic heterocycles. The molecule has 8 rings (SSSR count). The van der Waals surface area contributed by atoms with Gasteiger partial charge in [-0.1, -0.05) is 105 Å². The van der Waals surface area contributed by atoms with E-state index in [1.165, 1.54) is 41.7 Å². The Morgan fingerprint density at radius 1 is 0.653 bits per heavy atom. The van der Waals surface area contributed by atoms with E-state index in [4.69, 9.17) is 21.4 Å². The molecule has 0 spiro atoms. The van der Waals surface area contributed by atoms with E-state index in [0.29, 0.717) is 47.1 Å². The fourth-order valence-electron chi connectivity index (χ4n) is 12.1. The van der Waals surface area contributed by atoms with Gasteiger partial charge in [0.15, 0.2) is 5.96 Å². The van der Waals surface area contributed by atoms with Gasteiger partial charge in [-0.15, -0.1) is 0 Å². The summed E-state index contributed by atoms with van der Waals surface area (Å²) in [6.07, 6.45) is 5.44. The third-order valence-corrected chi connectivity index (χ3v) is 17.1. The highest BCUT2D eigenvalue weighted by Crippen LogP contribution is 2.30. The quantitative estimate of drug-likeness (QED) is 0.0151. The summed E-state index contributed by atoms with van der Waals surface area (Å²) >= 11 is 0. The number of H-pyrrole nitrogens is 2. The second-order valence-electron chi connectivity index (χ2n) is 25.3. The van der Waals surface area contributed by atoms with Gasteiger partial charge in [-0.25, -0.2) is 4.98 Å². The summed E-state index contributed by atoms with van der Waals surface area (Å²) in [6.45, 7) is 6.23. The fraction of sp³-hybridized carbons (Fsp3) is 0.423. The van der Waals surface area contributed by atoms with E-state index < -0.39 is 120 Å². The number of likely N-dealkylation sites (tertiary alicyclic amines) is 1. The van der Waals surface area contributed by atoms with Crippen LogP contribution >= 0.6 is 0 Å². The Morgan fingerprint density at radius 2 is 1.20 bits per heavy atom. The summed E-state index contributed by atoms with van der Waals surface area (Å²) in [4.78, 5) is 168. The molecule has 2 aliphatic rings. The number of nitrogens with two attached hydrogens (primary N) is 2. The summed E-state index contributed by atoms with van der Waals surface area (Å²) in [6, 6.07) is 19.6. The Hall–Kier alpha value is -11.2. The topological polar surface area (TPSA) is 469 Å².